The third-order valence-electron chi connectivity index (χ3n) is 3.18. The molecule has 1 unspecified atom stereocenters. The molecule has 2 rings (SSSR count). The number of rotatable bonds is 6. The molecule has 2 aromatic carbocycles. The number of hydrazine groups is 1. The lowest BCUT2D eigenvalue weighted by atomic mass is 10.2. The molecule has 0 heterocycles. The van der Waals surface area contributed by atoms with Crippen LogP contribution in [0.15, 0.2) is 53.4 Å². The first-order valence-corrected chi connectivity index (χ1v) is 9.01. The highest BCUT2D eigenvalue weighted by Crippen LogP contribution is 2.19. The van der Waals surface area contributed by atoms with Crippen LogP contribution in [-0.4, -0.2) is 23.7 Å². The lowest BCUT2D eigenvalue weighted by molar-refractivity contribution is -0.131. The fourth-order valence-electron chi connectivity index (χ4n) is 1.90. The molecule has 2 amide bonds. The minimum atomic E-state index is -0.731. The van der Waals surface area contributed by atoms with Crippen LogP contribution in [0.25, 0.3) is 0 Å². The van der Waals surface area contributed by atoms with E-state index in [1.165, 1.54) is 11.8 Å². The van der Waals surface area contributed by atoms with Crippen LogP contribution in [0.3, 0.4) is 0 Å². The lowest BCUT2D eigenvalue weighted by Gasteiger charge is -2.15. The van der Waals surface area contributed by atoms with E-state index in [1.807, 2.05) is 37.3 Å². The second-order valence-electron chi connectivity index (χ2n) is 5.36. The monoisotopic (exact) mass is 378 g/mol. The summed E-state index contributed by atoms with van der Waals surface area (Å²) in [4.78, 5) is 24.7. The van der Waals surface area contributed by atoms with E-state index in [2.05, 4.69) is 10.9 Å². The Balaban J connectivity index is 1.72. The van der Waals surface area contributed by atoms with Gasteiger partial charge in [0, 0.05) is 9.92 Å². The summed E-state index contributed by atoms with van der Waals surface area (Å²) in [5.74, 6) is 0.0457. The van der Waals surface area contributed by atoms with E-state index in [9.17, 15) is 9.59 Å². The zero-order valence-corrected chi connectivity index (χ0v) is 15.5. The van der Waals surface area contributed by atoms with Gasteiger partial charge in [0.2, 0.25) is 5.91 Å². The van der Waals surface area contributed by atoms with Crippen molar-refractivity contribution in [3.05, 3.63) is 59.1 Å². The summed E-state index contributed by atoms with van der Waals surface area (Å²) < 4.78 is 5.55. The van der Waals surface area contributed by atoms with Crippen LogP contribution >= 0.6 is 23.4 Å². The highest BCUT2D eigenvalue weighted by Gasteiger charge is 2.15. The molecule has 132 valence electrons. The summed E-state index contributed by atoms with van der Waals surface area (Å²) in [6.45, 7) is 3.56. The fourth-order valence-corrected chi connectivity index (χ4v) is 2.72. The molecule has 7 heteroatoms. The van der Waals surface area contributed by atoms with E-state index in [4.69, 9.17) is 16.3 Å². The molecule has 0 saturated heterocycles. The summed E-state index contributed by atoms with van der Waals surface area (Å²) in [6, 6.07) is 14.6. The third kappa shape index (κ3) is 6.68. The topological polar surface area (TPSA) is 67.4 Å². The summed E-state index contributed by atoms with van der Waals surface area (Å²) >= 11 is 7.16. The van der Waals surface area contributed by atoms with Crippen LogP contribution in [0.5, 0.6) is 5.75 Å². The van der Waals surface area contributed by atoms with Gasteiger partial charge in [0.05, 0.1) is 5.75 Å². The predicted molar refractivity (Wildman–Crippen MR) is 99.7 cm³/mol. The van der Waals surface area contributed by atoms with Crippen molar-refractivity contribution in [2.75, 3.05) is 5.75 Å². The third-order valence-corrected chi connectivity index (χ3v) is 4.44. The van der Waals surface area contributed by atoms with E-state index in [1.54, 1.807) is 25.1 Å². The number of aryl methyl sites for hydroxylation is 1. The number of hydrogen-bond donors (Lipinski definition) is 2. The quantitative estimate of drug-likeness (QED) is 0.597. The molecule has 0 bridgehead atoms. The van der Waals surface area contributed by atoms with Crippen molar-refractivity contribution in [1.29, 1.82) is 0 Å². The molecule has 0 aromatic heterocycles. The SMILES string of the molecule is Cc1cccc(OC(C)C(=O)NNC(=O)CSc2ccc(Cl)cc2)c1. The van der Waals surface area contributed by atoms with Gasteiger partial charge in [-0.3, -0.25) is 20.4 Å². The molecule has 0 aliphatic rings. The Bertz CT molecular complexity index is 737. The van der Waals surface area contributed by atoms with Gasteiger partial charge in [0.1, 0.15) is 5.75 Å². The van der Waals surface area contributed by atoms with Gasteiger partial charge in [-0.2, -0.15) is 0 Å². The number of thioether (sulfide) groups is 1. The van der Waals surface area contributed by atoms with E-state index in [0.29, 0.717) is 10.8 Å². The van der Waals surface area contributed by atoms with Gasteiger partial charge in [0.25, 0.3) is 5.91 Å². The summed E-state index contributed by atoms with van der Waals surface area (Å²) in [5, 5.41) is 0.642. The Morgan fingerprint density at radius 3 is 2.56 bits per heavy atom. The molecule has 2 aromatic rings. The second-order valence-corrected chi connectivity index (χ2v) is 6.84. The van der Waals surface area contributed by atoms with Gasteiger partial charge in [-0.05, 0) is 55.8 Å². The molecular formula is C18H19ClN2O3S. The Hall–Kier alpha value is -2.18. The van der Waals surface area contributed by atoms with Crippen molar-refractivity contribution in [3.63, 3.8) is 0 Å². The summed E-state index contributed by atoms with van der Waals surface area (Å²) in [7, 11) is 0. The van der Waals surface area contributed by atoms with Crippen molar-refractivity contribution < 1.29 is 14.3 Å². The number of halogens is 1. The van der Waals surface area contributed by atoms with Crippen molar-refractivity contribution in [2.45, 2.75) is 24.8 Å². The maximum Gasteiger partial charge on any atom is 0.279 e. The van der Waals surface area contributed by atoms with Gasteiger partial charge in [0.15, 0.2) is 6.10 Å². The maximum atomic E-state index is 12.0. The number of benzene rings is 2. The van der Waals surface area contributed by atoms with E-state index < -0.39 is 12.0 Å². The number of nitrogens with one attached hydrogen (secondary N) is 2. The van der Waals surface area contributed by atoms with Gasteiger partial charge < -0.3 is 4.74 Å². The van der Waals surface area contributed by atoms with Gasteiger partial charge >= 0.3 is 0 Å². The van der Waals surface area contributed by atoms with Crippen LogP contribution in [-0.2, 0) is 9.59 Å². The molecule has 0 aliphatic carbocycles. The van der Waals surface area contributed by atoms with E-state index in [0.717, 1.165) is 10.5 Å². The first-order chi connectivity index (χ1) is 11.9. The Labute approximate surface area is 156 Å². The first-order valence-electron chi connectivity index (χ1n) is 7.64. The Morgan fingerprint density at radius 2 is 1.88 bits per heavy atom. The normalized spacial score (nSPS) is 11.5. The molecule has 5 nitrogen and oxygen atoms in total. The maximum absolute atomic E-state index is 12.0. The van der Waals surface area contributed by atoms with Crippen molar-refractivity contribution in [1.82, 2.24) is 10.9 Å². The van der Waals surface area contributed by atoms with Crippen LogP contribution < -0.4 is 15.6 Å². The standard InChI is InChI=1S/C18H19ClN2O3S/c1-12-4-3-5-15(10-12)24-13(2)18(23)21-20-17(22)11-25-16-8-6-14(19)7-9-16/h3-10,13H,11H2,1-2H3,(H,20,22)(H,21,23). The molecular weight excluding hydrogens is 360 g/mol. The molecule has 0 fully saturated rings. The minimum Gasteiger partial charge on any atom is -0.481 e. The highest BCUT2D eigenvalue weighted by molar-refractivity contribution is 8.00. The van der Waals surface area contributed by atoms with Crippen molar-refractivity contribution in [2.24, 2.45) is 0 Å². The van der Waals surface area contributed by atoms with Gasteiger partial charge in [-0.15, -0.1) is 11.8 Å². The van der Waals surface area contributed by atoms with Crippen LogP contribution in [0.4, 0.5) is 0 Å². The van der Waals surface area contributed by atoms with Gasteiger partial charge in [-0.1, -0.05) is 23.7 Å². The van der Waals surface area contributed by atoms with Crippen LogP contribution in [0.1, 0.15) is 12.5 Å². The second kappa shape index (κ2) is 9.34. The first kappa shape index (κ1) is 19.1. The number of ether oxygens (including phenoxy) is 1. The molecule has 25 heavy (non-hydrogen) atoms. The molecule has 0 saturated carbocycles. The average molecular weight is 379 g/mol. The Kier molecular flexibility index (Phi) is 7.16. The van der Waals surface area contributed by atoms with Crippen LogP contribution in [0, 0.1) is 6.92 Å². The van der Waals surface area contributed by atoms with E-state index >= 15 is 0 Å². The highest BCUT2D eigenvalue weighted by atomic mass is 35.5. The zero-order chi connectivity index (χ0) is 18.2. The van der Waals surface area contributed by atoms with Crippen LogP contribution in [0.2, 0.25) is 5.02 Å². The largest absolute Gasteiger partial charge is 0.481 e. The average Bonchev–Trinajstić information content (AvgIpc) is 2.59. The Morgan fingerprint density at radius 1 is 1.16 bits per heavy atom. The summed E-state index contributed by atoms with van der Waals surface area (Å²) in [5.41, 5.74) is 5.78. The van der Waals surface area contributed by atoms with Crippen molar-refractivity contribution in [3.8, 4) is 5.75 Å². The van der Waals surface area contributed by atoms with Crippen molar-refractivity contribution >= 4 is 35.2 Å². The molecule has 0 aliphatic heterocycles. The fraction of sp³-hybridized carbons (Fsp3) is 0.222. The number of carbonyl (C=O) groups is 2. The minimum absolute atomic E-state index is 0.176. The molecule has 2 N–H and O–H groups in total. The molecule has 1 atom stereocenters. The predicted octanol–water partition coefficient (Wildman–Crippen LogP) is 3.36. The number of carbonyl (C=O) groups excluding carboxylic acids is 2. The molecule has 0 spiro atoms. The van der Waals surface area contributed by atoms with E-state index in [-0.39, 0.29) is 11.7 Å². The molecule has 0 radical (unpaired) electrons. The smallest absolute Gasteiger partial charge is 0.279 e. The van der Waals surface area contributed by atoms with Gasteiger partial charge in [-0.25, -0.2) is 0 Å². The number of hydrogen-bond acceptors (Lipinski definition) is 4. The zero-order valence-electron chi connectivity index (χ0n) is 13.9. The number of amides is 2. The summed E-state index contributed by atoms with van der Waals surface area (Å²) in [6.07, 6.45) is -0.731. The lowest BCUT2D eigenvalue weighted by Crippen LogP contribution is -2.47.